The van der Waals surface area contributed by atoms with E-state index in [1.807, 2.05) is 30.4 Å². The Morgan fingerprint density at radius 1 is 1.07 bits per heavy atom. The second-order valence-electron chi connectivity index (χ2n) is 7.43. The van der Waals surface area contributed by atoms with Crippen LogP contribution in [0.25, 0.3) is 0 Å². The summed E-state index contributed by atoms with van der Waals surface area (Å²) < 4.78 is 15.9. The molecule has 3 aliphatic rings. The average Bonchev–Trinajstić information content (AvgIpc) is 3.59. The quantitative estimate of drug-likeness (QED) is 0.0926. The lowest BCUT2D eigenvalue weighted by molar-refractivity contribution is 0.249. The van der Waals surface area contributed by atoms with Gasteiger partial charge >= 0.3 is 6.03 Å². The molecule has 0 bridgehead atoms. The van der Waals surface area contributed by atoms with Crippen LogP contribution in [0.3, 0.4) is 0 Å². The lowest BCUT2D eigenvalue weighted by Gasteiger charge is -2.16. The van der Waals surface area contributed by atoms with Crippen molar-refractivity contribution in [1.82, 2.24) is 5.32 Å². The van der Waals surface area contributed by atoms with E-state index in [1.165, 1.54) is 0 Å². The summed E-state index contributed by atoms with van der Waals surface area (Å²) >= 11 is 18.7. The van der Waals surface area contributed by atoms with Gasteiger partial charge in [0.2, 0.25) is 0 Å². The molecule has 0 aromatic carbocycles. The summed E-state index contributed by atoms with van der Waals surface area (Å²) in [5.74, 6) is 3.50. The molecule has 2 amide bonds. The van der Waals surface area contributed by atoms with Crippen molar-refractivity contribution >= 4 is 85.4 Å². The zero-order valence-corrected chi connectivity index (χ0v) is 21.4. The molecule has 0 spiro atoms. The number of urea groups is 1. The van der Waals surface area contributed by atoms with Gasteiger partial charge in [-0.3, -0.25) is 0 Å². The topological polar surface area (TPSA) is 79.0 Å². The van der Waals surface area contributed by atoms with E-state index in [0.717, 1.165) is 42.5 Å². The fourth-order valence-electron chi connectivity index (χ4n) is 2.22. The van der Waals surface area contributed by atoms with Crippen LogP contribution < -0.4 is 5.32 Å². The zero-order valence-electron chi connectivity index (χ0n) is 16.2. The summed E-state index contributed by atoms with van der Waals surface area (Å²) in [6.45, 7) is 4.04. The van der Waals surface area contributed by atoms with Crippen molar-refractivity contribution in [3.8, 4) is 0 Å². The SMILES string of the molecule is CC(NC(=O)/N=C/CC(CCSCC1(S)CO1)SCC1(S)CO1)SCC1(S)CO1. The van der Waals surface area contributed by atoms with Crippen LogP contribution in [0.5, 0.6) is 0 Å². The molecule has 5 atom stereocenters. The van der Waals surface area contributed by atoms with E-state index in [9.17, 15) is 4.79 Å². The molecular formula is C17H28N2O4S6. The van der Waals surface area contributed by atoms with Crippen LogP contribution in [0.1, 0.15) is 19.8 Å². The Kier molecular flexibility index (Phi) is 9.24. The molecule has 3 aliphatic heterocycles. The molecule has 12 heteroatoms. The molecule has 166 valence electrons. The Balaban J connectivity index is 1.33. The van der Waals surface area contributed by atoms with Crippen LogP contribution in [0, 0.1) is 0 Å². The summed E-state index contributed by atoms with van der Waals surface area (Å²) in [7, 11) is 0. The van der Waals surface area contributed by atoms with Crippen molar-refractivity contribution in [2.45, 2.75) is 45.2 Å². The van der Waals surface area contributed by atoms with Crippen LogP contribution in [-0.2, 0) is 14.2 Å². The number of amides is 2. The number of thiol groups is 3. The van der Waals surface area contributed by atoms with Gasteiger partial charge in [-0.25, -0.2) is 9.79 Å². The van der Waals surface area contributed by atoms with E-state index < -0.39 is 0 Å². The third kappa shape index (κ3) is 10.1. The number of hydrogen-bond acceptors (Lipinski definition) is 10. The van der Waals surface area contributed by atoms with E-state index in [4.69, 9.17) is 14.2 Å². The van der Waals surface area contributed by atoms with Crippen LogP contribution in [0.15, 0.2) is 4.99 Å². The Labute approximate surface area is 201 Å². The minimum absolute atomic E-state index is 0.0382. The number of epoxide rings is 3. The number of hydrogen-bond donors (Lipinski definition) is 4. The Morgan fingerprint density at radius 2 is 1.62 bits per heavy atom. The number of aliphatic imine (C=N–C) groups is 1. The molecule has 5 unspecified atom stereocenters. The van der Waals surface area contributed by atoms with Crippen molar-refractivity contribution in [2.24, 2.45) is 4.99 Å². The van der Waals surface area contributed by atoms with Crippen molar-refractivity contribution in [2.75, 3.05) is 42.8 Å². The van der Waals surface area contributed by atoms with Gasteiger partial charge in [0.05, 0.1) is 25.2 Å². The standard InChI is InChI=1S/C17H28N2O4S6/c1-12(28-10-16(25)7-22-16)19-14(20)18-4-2-13(29-11-17(26)8-23-17)3-5-27-9-15(24)6-21-15/h4,12-13,24-26H,2-3,5-11H2,1H3,(H,19,20)/b18-4+. The number of nitrogens with zero attached hydrogens (tertiary/aromatic N) is 1. The average molecular weight is 517 g/mol. The smallest absolute Gasteiger partial charge is 0.341 e. The lowest BCUT2D eigenvalue weighted by Crippen LogP contribution is -2.29. The highest BCUT2D eigenvalue weighted by Gasteiger charge is 2.42. The molecule has 0 aromatic rings. The fourth-order valence-corrected chi connectivity index (χ4v) is 6.40. The van der Waals surface area contributed by atoms with Crippen LogP contribution in [0.4, 0.5) is 4.79 Å². The van der Waals surface area contributed by atoms with Gasteiger partial charge in [0, 0.05) is 28.7 Å². The maximum Gasteiger partial charge on any atom is 0.341 e. The number of thioether (sulfide) groups is 3. The Bertz CT molecular complexity index is 598. The van der Waals surface area contributed by atoms with Gasteiger partial charge in [0.1, 0.15) is 14.8 Å². The molecule has 0 radical (unpaired) electrons. The molecule has 0 saturated carbocycles. The van der Waals surface area contributed by atoms with Gasteiger partial charge in [-0.1, -0.05) is 0 Å². The first-order chi connectivity index (χ1) is 13.7. The molecule has 0 aliphatic carbocycles. The van der Waals surface area contributed by atoms with E-state index in [-0.39, 0.29) is 26.2 Å². The van der Waals surface area contributed by atoms with Gasteiger partial charge < -0.3 is 19.5 Å². The zero-order chi connectivity index (χ0) is 21.0. The van der Waals surface area contributed by atoms with E-state index >= 15 is 0 Å². The highest BCUT2D eigenvalue weighted by atomic mass is 32.2. The third-order valence-electron chi connectivity index (χ3n) is 4.35. The molecule has 1 N–H and O–H groups in total. The second kappa shape index (κ2) is 10.8. The third-order valence-corrected chi connectivity index (χ3v) is 10.2. The molecular weight excluding hydrogens is 489 g/mol. The lowest BCUT2D eigenvalue weighted by atomic mass is 10.2. The van der Waals surface area contributed by atoms with Gasteiger partial charge in [-0.05, 0) is 25.5 Å². The van der Waals surface area contributed by atoms with Crippen molar-refractivity contribution in [3.05, 3.63) is 0 Å². The van der Waals surface area contributed by atoms with Gasteiger partial charge in [0.25, 0.3) is 0 Å². The monoisotopic (exact) mass is 516 g/mol. The van der Waals surface area contributed by atoms with Gasteiger partial charge in [-0.15, -0.1) is 49.6 Å². The molecule has 3 heterocycles. The number of carbonyl (C=O) groups is 1. The van der Waals surface area contributed by atoms with Crippen molar-refractivity contribution in [3.63, 3.8) is 0 Å². The maximum atomic E-state index is 12.0. The maximum absolute atomic E-state index is 12.0. The number of ether oxygens (including phenoxy) is 3. The highest BCUT2D eigenvalue weighted by molar-refractivity contribution is 8.01. The fraction of sp³-hybridized carbons (Fsp3) is 0.882. The van der Waals surface area contributed by atoms with Crippen molar-refractivity contribution < 1.29 is 19.0 Å². The highest BCUT2D eigenvalue weighted by Crippen LogP contribution is 2.38. The normalized spacial score (nSPS) is 34.8. The van der Waals surface area contributed by atoms with E-state index in [2.05, 4.69) is 48.2 Å². The molecule has 3 fully saturated rings. The molecule has 3 rings (SSSR count). The summed E-state index contributed by atoms with van der Waals surface area (Å²) in [6.07, 6.45) is 3.48. The Hall–Kier alpha value is 1.12. The number of carbonyl (C=O) groups excluding carboxylic acids is 1. The van der Waals surface area contributed by atoms with Gasteiger partial charge in [-0.2, -0.15) is 23.5 Å². The summed E-state index contributed by atoms with van der Waals surface area (Å²) in [6, 6.07) is -0.313. The second-order valence-corrected chi connectivity index (χ2v) is 13.6. The minimum Gasteiger partial charge on any atom is -0.357 e. The molecule has 0 aromatic heterocycles. The number of rotatable bonds is 14. The summed E-state index contributed by atoms with van der Waals surface area (Å²) in [4.78, 5) is 15.3. The first-order valence-electron chi connectivity index (χ1n) is 9.42. The predicted molar refractivity (Wildman–Crippen MR) is 135 cm³/mol. The largest absolute Gasteiger partial charge is 0.357 e. The van der Waals surface area contributed by atoms with Crippen LogP contribution in [-0.4, -0.2) is 80.5 Å². The first-order valence-corrected chi connectivity index (χ1v) is 14.0. The molecule has 29 heavy (non-hydrogen) atoms. The molecule has 6 nitrogen and oxygen atoms in total. The first kappa shape index (κ1) is 24.8. The van der Waals surface area contributed by atoms with Crippen LogP contribution >= 0.6 is 73.2 Å². The minimum atomic E-state index is -0.316. The van der Waals surface area contributed by atoms with E-state index in [0.29, 0.717) is 18.5 Å². The number of nitrogens with one attached hydrogen (secondary N) is 1. The molecule has 3 saturated heterocycles. The summed E-state index contributed by atoms with van der Waals surface area (Å²) in [5.41, 5.74) is 0. The Morgan fingerprint density at radius 3 is 2.21 bits per heavy atom. The summed E-state index contributed by atoms with van der Waals surface area (Å²) in [5, 5.41) is 3.20. The van der Waals surface area contributed by atoms with Gasteiger partial charge in [0.15, 0.2) is 0 Å². The predicted octanol–water partition coefficient (Wildman–Crippen LogP) is 3.43. The van der Waals surface area contributed by atoms with E-state index in [1.54, 1.807) is 18.0 Å². The van der Waals surface area contributed by atoms with Crippen LogP contribution in [0.2, 0.25) is 0 Å². The van der Waals surface area contributed by atoms with Crippen molar-refractivity contribution in [1.29, 1.82) is 0 Å².